The summed E-state index contributed by atoms with van der Waals surface area (Å²) in [7, 11) is -4.40. The number of carbonyl (C=O) groups excluding carboxylic acids is 2. The Balaban J connectivity index is 1.77. The highest BCUT2D eigenvalue weighted by molar-refractivity contribution is 7.93. The standard InChI is InChI=1S/C25H24Cl2N4O4S/c1-3-30(4-2)24(33)29-17-10-12-18(13-11-17)36(34,35)31-20-15-14-19(26)22(27)21(20)25(28,23(31)32)16-8-6-5-7-9-16/h5-15H,3-4,28H2,1-2H3,(H,29,33). The van der Waals surface area contributed by atoms with E-state index in [1.807, 2.05) is 13.8 Å². The number of fused-ring (bicyclic) bond motifs is 1. The van der Waals surface area contributed by atoms with E-state index in [1.54, 1.807) is 35.2 Å². The average Bonchev–Trinajstić information content (AvgIpc) is 3.11. The number of nitrogens with zero attached hydrogens (tertiary/aromatic N) is 2. The van der Waals surface area contributed by atoms with Crippen molar-refractivity contribution in [2.24, 2.45) is 5.73 Å². The molecule has 1 heterocycles. The van der Waals surface area contributed by atoms with E-state index in [-0.39, 0.29) is 32.2 Å². The van der Waals surface area contributed by atoms with E-state index in [0.717, 1.165) is 0 Å². The summed E-state index contributed by atoms with van der Waals surface area (Å²) in [4.78, 5) is 27.5. The molecular weight excluding hydrogens is 523 g/mol. The normalized spacial score (nSPS) is 17.1. The van der Waals surface area contributed by atoms with Crippen molar-refractivity contribution < 1.29 is 18.0 Å². The first-order valence-corrected chi connectivity index (χ1v) is 13.4. The van der Waals surface area contributed by atoms with Crippen molar-refractivity contribution in [3.05, 3.63) is 87.9 Å². The minimum absolute atomic E-state index is 0.000956. The molecule has 3 aromatic rings. The van der Waals surface area contributed by atoms with Gasteiger partial charge in [-0.15, -0.1) is 0 Å². The topological polar surface area (TPSA) is 113 Å². The molecule has 0 spiro atoms. The number of nitrogens with two attached hydrogens (primary N) is 1. The molecule has 3 amide bonds. The lowest BCUT2D eigenvalue weighted by atomic mass is 9.85. The molecule has 3 N–H and O–H groups in total. The Morgan fingerprint density at radius 3 is 2.19 bits per heavy atom. The summed E-state index contributed by atoms with van der Waals surface area (Å²) in [5.74, 6) is -0.883. The molecule has 1 aliphatic heterocycles. The van der Waals surface area contributed by atoms with Crippen LogP contribution in [0, 0.1) is 0 Å². The van der Waals surface area contributed by atoms with Crippen LogP contribution in [0.15, 0.2) is 71.6 Å². The van der Waals surface area contributed by atoms with Crippen LogP contribution in [-0.2, 0) is 20.4 Å². The van der Waals surface area contributed by atoms with E-state index < -0.39 is 21.5 Å². The molecule has 0 radical (unpaired) electrons. The molecule has 1 aliphatic rings. The number of urea groups is 1. The van der Waals surface area contributed by atoms with Gasteiger partial charge in [-0.3, -0.25) is 4.79 Å². The summed E-state index contributed by atoms with van der Waals surface area (Å²) in [6.45, 7) is 4.77. The number of hydrogen-bond acceptors (Lipinski definition) is 5. The minimum Gasteiger partial charge on any atom is -0.325 e. The van der Waals surface area contributed by atoms with Crippen molar-refractivity contribution in [1.29, 1.82) is 0 Å². The van der Waals surface area contributed by atoms with Crippen molar-refractivity contribution in [3.63, 3.8) is 0 Å². The van der Waals surface area contributed by atoms with Crippen LogP contribution in [0.25, 0.3) is 0 Å². The van der Waals surface area contributed by atoms with Gasteiger partial charge in [-0.1, -0.05) is 53.5 Å². The van der Waals surface area contributed by atoms with Crippen molar-refractivity contribution >= 4 is 56.5 Å². The molecule has 0 saturated heterocycles. The summed E-state index contributed by atoms with van der Waals surface area (Å²) < 4.78 is 28.1. The van der Waals surface area contributed by atoms with E-state index in [9.17, 15) is 18.0 Å². The predicted octanol–water partition coefficient (Wildman–Crippen LogP) is 4.80. The summed E-state index contributed by atoms with van der Waals surface area (Å²) in [6.07, 6.45) is 0. The molecule has 188 valence electrons. The van der Waals surface area contributed by atoms with Gasteiger partial charge in [-0.05, 0) is 55.8 Å². The third-order valence-electron chi connectivity index (χ3n) is 6.13. The van der Waals surface area contributed by atoms with E-state index in [0.29, 0.717) is 28.6 Å². The second-order valence-electron chi connectivity index (χ2n) is 8.13. The monoisotopic (exact) mass is 546 g/mol. The molecule has 0 bridgehead atoms. The molecule has 4 rings (SSSR count). The fourth-order valence-corrected chi connectivity index (χ4v) is 6.13. The van der Waals surface area contributed by atoms with Crippen LogP contribution in [0.4, 0.5) is 16.2 Å². The lowest BCUT2D eigenvalue weighted by Gasteiger charge is -2.25. The summed E-state index contributed by atoms with van der Waals surface area (Å²) in [5.41, 5.74) is 5.70. The summed E-state index contributed by atoms with van der Waals surface area (Å²) >= 11 is 12.7. The average molecular weight is 547 g/mol. The molecule has 36 heavy (non-hydrogen) atoms. The highest BCUT2D eigenvalue weighted by Crippen LogP contribution is 2.50. The fraction of sp³-hybridized carbons (Fsp3) is 0.200. The number of rotatable bonds is 6. The highest BCUT2D eigenvalue weighted by atomic mass is 35.5. The van der Waals surface area contributed by atoms with Crippen LogP contribution in [0.5, 0.6) is 0 Å². The van der Waals surface area contributed by atoms with Gasteiger partial charge in [0.2, 0.25) is 0 Å². The Bertz CT molecular complexity index is 1430. The van der Waals surface area contributed by atoms with Gasteiger partial charge in [-0.2, -0.15) is 0 Å². The molecular formula is C25H24Cl2N4O4S. The fourth-order valence-electron chi connectivity index (χ4n) is 4.20. The van der Waals surface area contributed by atoms with Crippen LogP contribution in [0.3, 0.4) is 0 Å². The molecule has 8 nitrogen and oxygen atoms in total. The van der Waals surface area contributed by atoms with Gasteiger partial charge in [0.15, 0.2) is 5.54 Å². The number of halogens is 2. The third kappa shape index (κ3) is 4.12. The lowest BCUT2D eigenvalue weighted by Crippen LogP contribution is -2.49. The molecule has 0 saturated carbocycles. The quantitative estimate of drug-likeness (QED) is 0.460. The first-order chi connectivity index (χ1) is 17.1. The minimum atomic E-state index is -4.40. The van der Waals surface area contributed by atoms with Crippen LogP contribution in [0.1, 0.15) is 25.0 Å². The molecule has 0 aliphatic carbocycles. The Kier molecular flexibility index (Phi) is 7.03. The zero-order chi connectivity index (χ0) is 26.3. The van der Waals surface area contributed by atoms with Crippen LogP contribution >= 0.6 is 23.2 Å². The van der Waals surface area contributed by atoms with Gasteiger partial charge >= 0.3 is 6.03 Å². The maximum absolute atomic E-state index is 13.8. The summed E-state index contributed by atoms with van der Waals surface area (Å²) in [6, 6.07) is 16.5. The SMILES string of the molecule is CCN(CC)C(=O)Nc1ccc(S(=O)(=O)N2C(=O)C(N)(c3ccccc3)c3c2ccc(Cl)c3Cl)cc1. The molecule has 0 fully saturated rings. The van der Waals surface area contributed by atoms with E-state index in [1.165, 1.54) is 36.4 Å². The van der Waals surface area contributed by atoms with Crippen molar-refractivity contribution in [2.45, 2.75) is 24.3 Å². The van der Waals surface area contributed by atoms with Gasteiger partial charge in [0.05, 0.1) is 20.6 Å². The molecule has 1 atom stereocenters. The van der Waals surface area contributed by atoms with Gasteiger partial charge in [-0.25, -0.2) is 17.5 Å². The number of carbonyl (C=O) groups is 2. The molecule has 1 unspecified atom stereocenters. The maximum Gasteiger partial charge on any atom is 0.321 e. The number of sulfonamides is 1. The van der Waals surface area contributed by atoms with Crippen LogP contribution < -0.4 is 15.4 Å². The first-order valence-electron chi connectivity index (χ1n) is 11.2. The van der Waals surface area contributed by atoms with Crippen molar-refractivity contribution in [1.82, 2.24) is 4.90 Å². The van der Waals surface area contributed by atoms with E-state index in [4.69, 9.17) is 28.9 Å². The third-order valence-corrected chi connectivity index (χ3v) is 8.65. The summed E-state index contributed by atoms with van der Waals surface area (Å²) in [5, 5.41) is 2.87. The van der Waals surface area contributed by atoms with Crippen molar-refractivity contribution in [2.75, 3.05) is 22.7 Å². The largest absolute Gasteiger partial charge is 0.325 e. The lowest BCUT2D eigenvalue weighted by molar-refractivity contribution is -0.120. The Morgan fingerprint density at radius 1 is 1.00 bits per heavy atom. The number of hydrogen-bond donors (Lipinski definition) is 2. The van der Waals surface area contributed by atoms with Crippen LogP contribution in [0.2, 0.25) is 10.0 Å². The van der Waals surface area contributed by atoms with Crippen molar-refractivity contribution in [3.8, 4) is 0 Å². The molecule has 0 aromatic heterocycles. The highest BCUT2D eigenvalue weighted by Gasteiger charge is 2.55. The Morgan fingerprint density at radius 2 is 1.61 bits per heavy atom. The van der Waals surface area contributed by atoms with Gasteiger partial charge < -0.3 is 16.0 Å². The second kappa shape index (κ2) is 9.74. The first kappa shape index (κ1) is 26.0. The predicted molar refractivity (Wildman–Crippen MR) is 141 cm³/mol. The Labute approximate surface area is 219 Å². The van der Waals surface area contributed by atoms with Gasteiger partial charge in [0.1, 0.15) is 0 Å². The molecule has 11 heteroatoms. The van der Waals surface area contributed by atoms with E-state index >= 15 is 0 Å². The number of nitrogens with one attached hydrogen (secondary N) is 1. The Hall–Kier alpha value is -3.11. The van der Waals surface area contributed by atoms with Gasteiger partial charge in [0, 0.05) is 24.3 Å². The zero-order valence-corrected chi connectivity index (χ0v) is 21.9. The zero-order valence-electron chi connectivity index (χ0n) is 19.5. The maximum atomic E-state index is 13.8. The number of anilines is 2. The molecule has 3 aromatic carbocycles. The second-order valence-corrected chi connectivity index (χ2v) is 10.7. The van der Waals surface area contributed by atoms with E-state index in [2.05, 4.69) is 5.32 Å². The number of amides is 3. The smallest absolute Gasteiger partial charge is 0.321 e. The van der Waals surface area contributed by atoms with Gasteiger partial charge in [0.25, 0.3) is 15.9 Å². The number of benzene rings is 3. The van der Waals surface area contributed by atoms with Crippen LogP contribution in [-0.4, -0.2) is 38.3 Å².